The minimum absolute atomic E-state index is 0. The molecule has 3 aliphatic rings. The number of nitrogens with two attached hydrogens (primary N) is 1. The Morgan fingerprint density at radius 2 is 1.03 bits per heavy atom. The first-order valence-corrected chi connectivity index (χ1v) is 26.9. The van der Waals surface area contributed by atoms with Crippen LogP contribution >= 0.6 is 12.4 Å². The lowest BCUT2D eigenvalue weighted by molar-refractivity contribution is -0.144. The summed E-state index contributed by atoms with van der Waals surface area (Å²) in [6.07, 6.45) is 27.9. The second-order valence-corrected chi connectivity index (χ2v) is 19.4. The summed E-state index contributed by atoms with van der Waals surface area (Å²) in [7, 11) is 0. The number of anilines is 6. The fourth-order valence-electron chi connectivity index (χ4n) is 9.70. The van der Waals surface area contributed by atoms with Crippen LogP contribution in [0.4, 0.5) is 34.9 Å². The maximum Gasteiger partial charge on any atom is 0.324 e. The summed E-state index contributed by atoms with van der Waals surface area (Å²) < 4.78 is 17.3. The number of carbonyl (C=O) groups excluding carboxylic acids is 2. The molecule has 0 radical (unpaired) electrons. The number of nitroso groups, excluding NO2 is 1. The minimum Gasteiger partial charge on any atom is -0.494 e. The SMILES string of the molecule is Cl.N=O.NOC(=O)CCCCCCOc1ccc(Nc2nc(NC3CCCCC3)c3cc[nH]c3n2)cc1.O=C(CCCCCCOc1ccc(Nc2nc(NC3CCCCC3)c3cc[nH]c3n2)cc1)C1CCCCO1. The van der Waals surface area contributed by atoms with Gasteiger partial charge in [-0.05, 0) is 131 Å². The summed E-state index contributed by atoms with van der Waals surface area (Å²) in [5.74, 6) is 9.30. The number of benzene rings is 2. The van der Waals surface area contributed by atoms with Crippen molar-refractivity contribution in [2.75, 3.05) is 41.1 Å². The molecule has 19 nitrogen and oxygen atoms in total. The van der Waals surface area contributed by atoms with Gasteiger partial charge in [-0.1, -0.05) is 69.8 Å². The lowest BCUT2D eigenvalue weighted by Crippen LogP contribution is -2.27. The fraction of sp³-hybridized carbons (Fsp3) is 0.527. The number of hydrogen-bond acceptors (Lipinski definition) is 17. The molecule has 0 spiro atoms. The van der Waals surface area contributed by atoms with E-state index in [1.807, 2.05) is 73.1 Å². The average Bonchev–Trinajstić information content (AvgIpc) is 4.14. The highest BCUT2D eigenvalue weighted by molar-refractivity contribution is 5.89. The highest BCUT2D eigenvalue weighted by Gasteiger charge is 2.22. The Labute approximate surface area is 445 Å². The van der Waals surface area contributed by atoms with Crippen molar-refractivity contribution in [1.82, 2.24) is 29.9 Å². The zero-order chi connectivity index (χ0) is 51.6. The Morgan fingerprint density at radius 1 is 0.573 bits per heavy atom. The van der Waals surface area contributed by atoms with Crippen LogP contribution in [-0.4, -0.2) is 79.7 Å². The van der Waals surface area contributed by atoms with E-state index in [1.54, 1.807) is 0 Å². The largest absolute Gasteiger partial charge is 0.494 e. The second-order valence-electron chi connectivity index (χ2n) is 19.4. The van der Waals surface area contributed by atoms with Gasteiger partial charge >= 0.3 is 5.97 Å². The molecule has 20 heteroatoms. The van der Waals surface area contributed by atoms with Gasteiger partial charge in [0.05, 0.1) is 24.0 Å². The van der Waals surface area contributed by atoms with Gasteiger partial charge in [0.2, 0.25) is 11.9 Å². The first kappa shape index (κ1) is 57.7. The van der Waals surface area contributed by atoms with Crippen molar-refractivity contribution in [3.63, 3.8) is 0 Å². The number of hydrogen-bond donors (Lipinski definition) is 8. The molecule has 75 heavy (non-hydrogen) atoms. The van der Waals surface area contributed by atoms with Gasteiger partial charge in [0.1, 0.15) is 40.5 Å². The summed E-state index contributed by atoms with van der Waals surface area (Å²) in [5, 5.41) is 16.0. The van der Waals surface area contributed by atoms with Crippen LogP contribution in [0.15, 0.2) is 73.1 Å². The lowest BCUT2D eigenvalue weighted by Gasteiger charge is -2.23. The standard InChI is InChI=1S/C30H41N5O3.C25H34N6O3.ClH.HNO/c36-26(27-13-7-9-21-38-27)12-6-1-2-8-20-37-24-16-14-23(15-17-24)33-30-34-28-25(18-19-31-28)29(35-30)32-22-10-4-3-5-11-22;26-34-22(32)10-6-1-2-7-17-33-20-13-11-19(12-14-20)29-25-30-23-21(15-16-27-23)24(31-25)28-18-8-4-3-5-9-18;;1-2/h14-19,22,27H,1-13,20-21H2,(H3,31,32,33,34,35);11-16,18H,1-10,17,26H2,(H3,27,28,29,30,31);1H;1H. The van der Waals surface area contributed by atoms with Crippen LogP contribution in [0.3, 0.4) is 0 Å². The van der Waals surface area contributed by atoms with E-state index >= 15 is 0 Å². The normalized spacial score (nSPS) is 15.8. The molecule has 4 aromatic heterocycles. The quantitative estimate of drug-likeness (QED) is 0.0150. The van der Waals surface area contributed by atoms with Gasteiger partial charge in [0.15, 0.2) is 5.78 Å². The Bertz CT molecular complexity index is 2580. The van der Waals surface area contributed by atoms with Crippen LogP contribution in [0.25, 0.3) is 22.1 Å². The lowest BCUT2D eigenvalue weighted by atomic mass is 9.95. The Balaban J connectivity index is 0.000000234. The minimum atomic E-state index is -0.361. The summed E-state index contributed by atoms with van der Waals surface area (Å²) in [6, 6.07) is 20.7. The Morgan fingerprint density at radius 3 is 1.48 bits per heavy atom. The van der Waals surface area contributed by atoms with Crippen molar-refractivity contribution in [2.24, 2.45) is 5.90 Å². The van der Waals surface area contributed by atoms with Gasteiger partial charge in [0, 0.05) is 55.3 Å². The number of nitrogens with zero attached hydrogens (tertiary/aromatic N) is 4. The Kier molecular flexibility index (Phi) is 24.6. The molecule has 1 atom stereocenters. The zero-order valence-electron chi connectivity index (χ0n) is 43.2. The van der Waals surface area contributed by atoms with Crippen LogP contribution < -0.4 is 36.6 Å². The second kappa shape index (κ2) is 32.0. The molecule has 0 bridgehead atoms. The molecular formula is C55H77ClN12O7. The molecule has 1 saturated heterocycles. The smallest absolute Gasteiger partial charge is 0.324 e. The monoisotopic (exact) mass is 1050 g/mol. The molecule has 9 rings (SSSR count). The van der Waals surface area contributed by atoms with Crippen molar-refractivity contribution in [3.8, 4) is 11.5 Å². The molecule has 6 aromatic rings. The van der Waals surface area contributed by atoms with Gasteiger partial charge < -0.3 is 50.3 Å². The molecule has 2 saturated carbocycles. The third kappa shape index (κ3) is 18.9. The maximum atomic E-state index is 12.2. The number of halogens is 1. The fourth-order valence-corrected chi connectivity index (χ4v) is 9.70. The maximum absolute atomic E-state index is 12.2. The van der Waals surface area contributed by atoms with Crippen LogP contribution in [0.1, 0.15) is 148 Å². The number of H-pyrrole nitrogens is 2. The van der Waals surface area contributed by atoms with Gasteiger partial charge in [-0.15, -0.1) is 12.4 Å². The zero-order valence-corrected chi connectivity index (χ0v) is 44.0. The van der Waals surface area contributed by atoms with E-state index in [4.69, 9.17) is 35.0 Å². The molecule has 0 amide bonds. The number of Topliss-reactive ketones (excluding diaryl/α,β-unsaturated/α-hetero) is 1. The topological polar surface area (TPSA) is 269 Å². The van der Waals surface area contributed by atoms with Crippen molar-refractivity contribution in [1.29, 1.82) is 5.59 Å². The third-order valence-electron chi connectivity index (χ3n) is 13.7. The van der Waals surface area contributed by atoms with Gasteiger partial charge in [-0.2, -0.15) is 30.7 Å². The van der Waals surface area contributed by atoms with Crippen LogP contribution in [0.5, 0.6) is 11.5 Å². The number of unbranched alkanes of at least 4 members (excludes halogenated alkanes) is 6. The van der Waals surface area contributed by atoms with Crippen molar-refractivity contribution in [3.05, 3.63) is 78.0 Å². The predicted octanol–water partition coefficient (Wildman–Crippen LogP) is 12.9. The summed E-state index contributed by atoms with van der Waals surface area (Å²) in [4.78, 5) is 60.1. The molecule has 1 unspecified atom stereocenters. The molecule has 1 aliphatic heterocycles. The third-order valence-corrected chi connectivity index (χ3v) is 13.7. The first-order chi connectivity index (χ1) is 36.5. The van der Waals surface area contributed by atoms with Gasteiger partial charge in [-0.25, -0.2) is 0 Å². The molecular weight excluding hydrogens is 976 g/mol. The van der Waals surface area contributed by atoms with E-state index in [0.717, 1.165) is 134 Å². The molecule has 5 heterocycles. The average molecular weight is 1050 g/mol. The van der Waals surface area contributed by atoms with E-state index in [1.165, 1.54) is 64.2 Å². The highest BCUT2D eigenvalue weighted by Crippen LogP contribution is 2.30. The number of fused-ring (bicyclic) bond motifs is 2. The highest BCUT2D eigenvalue weighted by atomic mass is 35.5. The number of carbonyl (C=O) groups is 2. The summed E-state index contributed by atoms with van der Waals surface area (Å²) in [5.41, 5.74) is 7.95. The van der Waals surface area contributed by atoms with E-state index in [2.05, 4.69) is 51.6 Å². The Hall–Kier alpha value is -6.57. The van der Waals surface area contributed by atoms with Gasteiger partial charge in [-0.3, -0.25) is 9.59 Å². The molecule has 2 aliphatic carbocycles. The number of nitrogens with one attached hydrogen (secondary N) is 7. The van der Waals surface area contributed by atoms with E-state index in [9.17, 15) is 9.59 Å². The first-order valence-electron chi connectivity index (χ1n) is 26.9. The van der Waals surface area contributed by atoms with Gasteiger partial charge in [0.25, 0.3) is 0 Å². The molecule has 2 aromatic carbocycles. The number of aromatic nitrogens is 6. The predicted molar refractivity (Wildman–Crippen MR) is 298 cm³/mol. The number of aromatic amines is 2. The number of ketones is 1. The number of rotatable bonds is 25. The van der Waals surface area contributed by atoms with Crippen molar-refractivity contribution < 1.29 is 28.6 Å². The molecule has 3 fully saturated rings. The van der Waals surface area contributed by atoms with E-state index in [-0.39, 0.29) is 30.3 Å². The van der Waals surface area contributed by atoms with Crippen molar-refractivity contribution in [2.45, 2.75) is 166 Å². The van der Waals surface area contributed by atoms with Crippen LogP contribution in [0, 0.1) is 10.5 Å². The molecule has 406 valence electrons. The summed E-state index contributed by atoms with van der Waals surface area (Å²) >= 11 is 0. The summed E-state index contributed by atoms with van der Waals surface area (Å²) in [6.45, 7) is 2.05. The van der Waals surface area contributed by atoms with Crippen LogP contribution in [0.2, 0.25) is 0 Å². The van der Waals surface area contributed by atoms with Crippen LogP contribution in [-0.2, 0) is 19.2 Å². The number of ether oxygens (including phenoxy) is 3. The van der Waals surface area contributed by atoms with E-state index < -0.39 is 0 Å². The van der Waals surface area contributed by atoms with E-state index in [0.29, 0.717) is 50.0 Å². The molecule has 9 N–H and O–H groups in total. The van der Waals surface area contributed by atoms with Crippen molar-refractivity contribution >= 4 is 81.1 Å².